The Morgan fingerprint density at radius 2 is 1.49 bits per heavy atom. The van der Waals surface area contributed by atoms with E-state index < -0.39 is 10.2 Å². The van der Waals surface area contributed by atoms with Gasteiger partial charge in [-0.25, -0.2) is 15.0 Å². The van der Waals surface area contributed by atoms with Gasteiger partial charge in [-0.3, -0.25) is 9.29 Å². The summed E-state index contributed by atoms with van der Waals surface area (Å²) in [6, 6.07) is 23.8. The first-order valence-electron chi connectivity index (χ1n) is 12.2. The van der Waals surface area contributed by atoms with Crippen LogP contribution >= 0.6 is 23.2 Å². The number of benzene rings is 3. The highest BCUT2D eigenvalue weighted by atomic mass is 35.5. The summed E-state index contributed by atoms with van der Waals surface area (Å²) >= 11 is 12.7. The van der Waals surface area contributed by atoms with Gasteiger partial charge in [0, 0.05) is 48.1 Å². The van der Waals surface area contributed by atoms with Gasteiger partial charge in [0.25, 0.3) is 0 Å². The normalized spacial score (nSPS) is 14.6. The van der Waals surface area contributed by atoms with Gasteiger partial charge in [-0.05, 0) is 48.5 Å². The Balaban J connectivity index is 1.35. The van der Waals surface area contributed by atoms with Gasteiger partial charge in [-0.1, -0.05) is 53.5 Å². The molecule has 1 aliphatic heterocycles. The zero-order chi connectivity index (χ0) is 27.0. The van der Waals surface area contributed by atoms with Gasteiger partial charge in [0.15, 0.2) is 17.0 Å². The van der Waals surface area contributed by atoms with Crippen molar-refractivity contribution in [2.45, 2.75) is 0 Å². The van der Waals surface area contributed by atoms with Crippen molar-refractivity contribution in [1.29, 1.82) is 0 Å². The van der Waals surface area contributed by atoms with Crippen molar-refractivity contribution < 1.29 is 8.42 Å². The van der Waals surface area contributed by atoms with E-state index in [1.165, 1.54) is 10.6 Å². The Morgan fingerprint density at radius 3 is 2.21 bits per heavy atom. The third-order valence-corrected chi connectivity index (χ3v) is 8.64. The molecule has 0 saturated carbocycles. The summed E-state index contributed by atoms with van der Waals surface area (Å²) in [5.74, 6) is 1.25. The summed E-state index contributed by atoms with van der Waals surface area (Å²) in [4.78, 5) is 16.2. The molecule has 0 aliphatic carbocycles. The van der Waals surface area contributed by atoms with Crippen LogP contribution in [0.25, 0.3) is 28.2 Å². The number of nitrogens with one attached hydrogen (secondary N) is 1. The molecule has 3 aromatic carbocycles. The van der Waals surface area contributed by atoms with Gasteiger partial charge < -0.3 is 4.90 Å². The highest BCUT2D eigenvalue weighted by Crippen LogP contribution is 2.35. The number of halogens is 2. The van der Waals surface area contributed by atoms with Crippen LogP contribution < -0.4 is 9.62 Å². The lowest BCUT2D eigenvalue weighted by Crippen LogP contribution is -2.50. The van der Waals surface area contributed by atoms with Crippen LogP contribution in [0.4, 0.5) is 11.5 Å². The van der Waals surface area contributed by atoms with Crippen molar-refractivity contribution >= 4 is 56.1 Å². The molecule has 12 heteroatoms. The quantitative estimate of drug-likeness (QED) is 0.294. The first kappa shape index (κ1) is 25.6. The average Bonchev–Trinajstić information content (AvgIpc) is 3.34. The molecule has 1 aliphatic rings. The molecule has 0 bridgehead atoms. The fraction of sp³-hybridized carbons (Fsp3) is 0.148. The van der Waals surface area contributed by atoms with Gasteiger partial charge in [-0.15, -0.1) is 0 Å². The number of hydrogen-bond acceptors (Lipinski definition) is 6. The van der Waals surface area contributed by atoms with E-state index in [1.807, 2.05) is 64.1 Å². The summed E-state index contributed by atoms with van der Waals surface area (Å²) < 4.78 is 31.9. The van der Waals surface area contributed by atoms with Gasteiger partial charge in [0.05, 0.1) is 5.02 Å². The zero-order valence-electron chi connectivity index (χ0n) is 20.6. The molecule has 1 N–H and O–H groups in total. The Kier molecular flexibility index (Phi) is 6.86. The van der Waals surface area contributed by atoms with Crippen LogP contribution in [0.1, 0.15) is 0 Å². The maximum Gasteiger partial charge on any atom is 0.301 e. The Morgan fingerprint density at radius 1 is 0.795 bits per heavy atom. The molecule has 0 spiro atoms. The van der Waals surface area contributed by atoms with Crippen LogP contribution in [-0.2, 0) is 10.2 Å². The number of nitrogens with zero attached hydrogens (tertiary/aromatic N) is 6. The lowest BCUT2D eigenvalue weighted by molar-refractivity contribution is 0.387. The van der Waals surface area contributed by atoms with Crippen molar-refractivity contribution in [2.24, 2.45) is 0 Å². The van der Waals surface area contributed by atoms with Crippen LogP contribution in [0.2, 0.25) is 10.0 Å². The van der Waals surface area contributed by atoms with Gasteiger partial charge in [0.2, 0.25) is 0 Å². The Hall–Kier alpha value is -3.70. The molecule has 1 fully saturated rings. The fourth-order valence-corrected chi connectivity index (χ4v) is 6.18. The standard InChI is InChI=1S/C27H23Cl2N7O2S/c28-19-10-12-21(13-11-19)36-25(22-8-4-5-9-23(22)29)32-24-26(30-18-31-27(24)36)34-14-16-35(17-15-34)39(37,38)33-20-6-2-1-3-7-20/h1-13,18,33H,14-17H2. The Labute approximate surface area is 235 Å². The van der Waals surface area contributed by atoms with Crippen molar-refractivity contribution in [1.82, 2.24) is 23.8 Å². The highest BCUT2D eigenvalue weighted by Gasteiger charge is 2.29. The summed E-state index contributed by atoms with van der Waals surface area (Å²) in [7, 11) is -3.69. The number of piperazine rings is 1. The van der Waals surface area contributed by atoms with Crippen molar-refractivity contribution in [2.75, 3.05) is 35.8 Å². The minimum atomic E-state index is -3.69. The maximum atomic E-state index is 13.0. The van der Waals surface area contributed by atoms with Crippen molar-refractivity contribution in [3.63, 3.8) is 0 Å². The second-order valence-electron chi connectivity index (χ2n) is 8.96. The molecule has 5 aromatic rings. The molecule has 0 amide bonds. The van der Waals surface area contributed by atoms with Gasteiger partial charge >= 0.3 is 10.2 Å². The van der Waals surface area contributed by atoms with Crippen LogP contribution in [-0.4, -0.2) is 58.4 Å². The van der Waals surface area contributed by atoms with Crippen molar-refractivity contribution in [3.05, 3.63) is 95.2 Å². The number of rotatable bonds is 6. The van der Waals surface area contributed by atoms with E-state index in [9.17, 15) is 8.42 Å². The average molecular weight is 581 g/mol. The number of imidazole rings is 1. The highest BCUT2D eigenvalue weighted by molar-refractivity contribution is 7.90. The van der Waals surface area contributed by atoms with Crippen molar-refractivity contribution in [3.8, 4) is 17.1 Å². The first-order chi connectivity index (χ1) is 18.9. The van der Waals surface area contributed by atoms with E-state index in [2.05, 4.69) is 14.7 Å². The molecule has 39 heavy (non-hydrogen) atoms. The summed E-state index contributed by atoms with van der Waals surface area (Å²) in [5, 5.41) is 1.18. The van der Waals surface area contributed by atoms with Crippen LogP contribution in [0.15, 0.2) is 85.2 Å². The maximum absolute atomic E-state index is 13.0. The minimum absolute atomic E-state index is 0.295. The molecular formula is C27H23Cl2N7O2S. The summed E-state index contributed by atoms with van der Waals surface area (Å²) in [5.41, 5.74) is 3.31. The van der Waals surface area contributed by atoms with E-state index in [-0.39, 0.29) is 0 Å². The molecule has 6 rings (SSSR count). The molecule has 2 aromatic heterocycles. The summed E-state index contributed by atoms with van der Waals surface area (Å²) in [6.45, 7) is 1.47. The van der Waals surface area contributed by atoms with E-state index in [4.69, 9.17) is 28.2 Å². The van der Waals surface area contributed by atoms with Gasteiger partial charge in [0.1, 0.15) is 12.2 Å². The molecule has 0 atom stereocenters. The molecule has 9 nitrogen and oxygen atoms in total. The molecule has 3 heterocycles. The fourth-order valence-electron chi connectivity index (χ4n) is 4.63. The van der Waals surface area contributed by atoms with Crippen LogP contribution in [0.3, 0.4) is 0 Å². The first-order valence-corrected chi connectivity index (χ1v) is 14.4. The second kappa shape index (κ2) is 10.5. The lowest BCUT2D eigenvalue weighted by atomic mass is 10.2. The molecule has 0 unspecified atom stereocenters. The number of anilines is 2. The van der Waals surface area contributed by atoms with E-state index in [0.29, 0.717) is 64.7 Å². The van der Waals surface area contributed by atoms with Crippen LogP contribution in [0.5, 0.6) is 0 Å². The predicted octanol–water partition coefficient (Wildman–Crippen LogP) is 5.27. The lowest BCUT2D eigenvalue weighted by Gasteiger charge is -2.34. The van der Waals surface area contributed by atoms with Crippen LogP contribution in [0, 0.1) is 0 Å². The van der Waals surface area contributed by atoms with E-state index in [0.717, 1.165) is 11.3 Å². The monoisotopic (exact) mass is 579 g/mol. The molecule has 0 radical (unpaired) electrons. The topological polar surface area (TPSA) is 96.2 Å². The SMILES string of the molecule is O=S(=O)(Nc1ccccc1)N1CCN(c2ncnc3c2nc(-c2ccccc2Cl)n3-c2ccc(Cl)cc2)CC1. The number of hydrogen-bond donors (Lipinski definition) is 1. The summed E-state index contributed by atoms with van der Waals surface area (Å²) in [6.07, 6.45) is 1.50. The van der Waals surface area contributed by atoms with E-state index >= 15 is 0 Å². The number of para-hydroxylation sites is 1. The number of fused-ring (bicyclic) bond motifs is 1. The second-order valence-corrected chi connectivity index (χ2v) is 11.5. The predicted molar refractivity (Wildman–Crippen MR) is 155 cm³/mol. The molecule has 198 valence electrons. The van der Waals surface area contributed by atoms with E-state index in [1.54, 1.807) is 24.3 Å². The Bertz CT molecular complexity index is 1740. The third kappa shape index (κ3) is 5.04. The minimum Gasteiger partial charge on any atom is -0.352 e. The largest absolute Gasteiger partial charge is 0.352 e. The zero-order valence-corrected chi connectivity index (χ0v) is 22.9. The molecule has 1 saturated heterocycles. The number of aromatic nitrogens is 4. The smallest absolute Gasteiger partial charge is 0.301 e. The molecular weight excluding hydrogens is 557 g/mol. The van der Waals surface area contributed by atoms with Gasteiger partial charge in [-0.2, -0.15) is 12.7 Å². The third-order valence-electron chi connectivity index (χ3n) is 6.52.